The first kappa shape index (κ1) is 23.7. The number of nitrogens with one attached hydrogen (secondary N) is 1. The number of nitrogens with zero attached hydrogens (tertiary/aromatic N) is 4. The van der Waals surface area contributed by atoms with Crippen LogP contribution in [0.15, 0.2) is 66.4 Å². The summed E-state index contributed by atoms with van der Waals surface area (Å²) >= 11 is 0. The van der Waals surface area contributed by atoms with Crippen molar-refractivity contribution in [3.63, 3.8) is 0 Å². The molecule has 0 radical (unpaired) electrons. The van der Waals surface area contributed by atoms with Gasteiger partial charge in [-0.05, 0) is 56.0 Å². The molecule has 2 N–H and O–H groups in total. The van der Waals surface area contributed by atoms with E-state index < -0.39 is 6.23 Å². The third-order valence-electron chi connectivity index (χ3n) is 6.03. The van der Waals surface area contributed by atoms with Crippen molar-refractivity contribution in [2.45, 2.75) is 52.7 Å². The number of rotatable bonds is 10. The highest BCUT2D eigenvalue weighted by molar-refractivity contribution is 5.92. The lowest BCUT2D eigenvalue weighted by molar-refractivity contribution is -0.116. The van der Waals surface area contributed by atoms with E-state index in [1.807, 2.05) is 66.6 Å². The lowest BCUT2D eigenvalue weighted by atomic mass is 10.1. The number of allylic oxidation sites excluding steroid dienone is 3. The standard InChI is InChI=1S/C27H33N5O2/c1-4-6-9-20(8-5-2)18-31(19(3)33)23-15-13-21(14-16-23)24-10-7-17-32-25(24)28-27(30-32)29-26(34)22-11-12-22/h4,6-7,9-10,13-17,22,26,34H,5,8,11-12,18H2,1-3H3,(H,29,30). The van der Waals surface area contributed by atoms with Gasteiger partial charge < -0.3 is 15.3 Å². The molecule has 7 nitrogen and oxygen atoms in total. The van der Waals surface area contributed by atoms with Crippen molar-refractivity contribution in [3.8, 4) is 11.1 Å². The Kier molecular flexibility index (Phi) is 7.43. The van der Waals surface area contributed by atoms with Crippen LogP contribution < -0.4 is 10.2 Å². The molecular formula is C27H33N5O2. The Morgan fingerprint density at radius 3 is 2.71 bits per heavy atom. The monoisotopic (exact) mass is 459 g/mol. The number of anilines is 2. The minimum atomic E-state index is -0.614. The van der Waals surface area contributed by atoms with Gasteiger partial charge in [-0.2, -0.15) is 4.98 Å². The summed E-state index contributed by atoms with van der Waals surface area (Å²) in [7, 11) is 0. The average Bonchev–Trinajstić information content (AvgIpc) is 3.60. The highest BCUT2D eigenvalue weighted by Crippen LogP contribution is 2.33. The van der Waals surface area contributed by atoms with Crippen molar-refractivity contribution in [2.24, 2.45) is 5.92 Å². The fourth-order valence-electron chi connectivity index (χ4n) is 4.03. The van der Waals surface area contributed by atoms with Gasteiger partial charge in [-0.15, -0.1) is 5.10 Å². The molecule has 0 aliphatic heterocycles. The molecule has 34 heavy (non-hydrogen) atoms. The number of aromatic nitrogens is 3. The van der Waals surface area contributed by atoms with Crippen molar-refractivity contribution >= 4 is 23.2 Å². The summed E-state index contributed by atoms with van der Waals surface area (Å²) in [6.07, 6.45) is 11.4. The molecule has 1 amide bonds. The number of benzene rings is 1. The molecule has 2 aromatic heterocycles. The predicted molar refractivity (Wildman–Crippen MR) is 137 cm³/mol. The number of fused-ring (bicyclic) bond motifs is 1. The molecule has 1 unspecified atom stereocenters. The minimum Gasteiger partial charge on any atom is -0.373 e. The molecule has 0 spiro atoms. The Bertz CT molecular complexity index is 1190. The topological polar surface area (TPSA) is 82.8 Å². The Morgan fingerprint density at radius 1 is 1.29 bits per heavy atom. The quantitative estimate of drug-likeness (QED) is 0.322. The van der Waals surface area contributed by atoms with Crippen molar-refractivity contribution < 1.29 is 9.90 Å². The SMILES string of the molecule is CC=CC=C(CCC)CN(C(C)=O)c1ccc(-c2cccn3nc(NC(O)C4CC4)nc23)cc1. The van der Waals surface area contributed by atoms with E-state index in [0.29, 0.717) is 18.1 Å². The molecule has 7 heteroatoms. The van der Waals surface area contributed by atoms with Crippen molar-refractivity contribution in [3.05, 3.63) is 66.4 Å². The zero-order chi connectivity index (χ0) is 24.1. The fraction of sp³-hybridized carbons (Fsp3) is 0.370. The maximum absolute atomic E-state index is 12.5. The van der Waals surface area contributed by atoms with E-state index in [4.69, 9.17) is 0 Å². The second-order valence-corrected chi connectivity index (χ2v) is 8.80. The third kappa shape index (κ3) is 5.54. The first-order chi connectivity index (χ1) is 16.5. The van der Waals surface area contributed by atoms with Gasteiger partial charge in [0.1, 0.15) is 6.23 Å². The summed E-state index contributed by atoms with van der Waals surface area (Å²) < 4.78 is 1.72. The minimum absolute atomic E-state index is 0.0136. The van der Waals surface area contributed by atoms with Gasteiger partial charge in [-0.1, -0.05) is 49.3 Å². The summed E-state index contributed by atoms with van der Waals surface area (Å²) in [6.45, 7) is 6.32. The maximum Gasteiger partial charge on any atom is 0.245 e. The summed E-state index contributed by atoms with van der Waals surface area (Å²) in [5, 5.41) is 17.7. The van der Waals surface area contributed by atoms with Crippen LogP contribution in [0.3, 0.4) is 0 Å². The van der Waals surface area contributed by atoms with E-state index in [-0.39, 0.29) is 11.8 Å². The van der Waals surface area contributed by atoms with Crippen LogP contribution in [0.25, 0.3) is 16.8 Å². The largest absolute Gasteiger partial charge is 0.373 e. The molecule has 1 aliphatic rings. The molecule has 0 saturated heterocycles. The fourth-order valence-corrected chi connectivity index (χ4v) is 4.03. The van der Waals surface area contributed by atoms with Crippen LogP contribution in [0.1, 0.15) is 46.5 Å². The Hall–Kier alpha value is -3.45. The van der Waals surface area contributed by atoms with Crippen LogP contribution in [0.4, 0.5) is 11.6 Å². The van der Waals surface area contributed by atoms with Gasteiger partial charge in [-0.3, -0.25) is 4.79 Å². The van der Waals surface area contributed by atoms with Crippen LogP contribution >= 0.6 is 0 Å². The molecule has 3 aromatic rings. The summed E-state index contributed by atoms with van der Waals surface area (Å²) in [6, 6.07) is 11.9. The number of hydrogen-bond acceptors (Lipinski definition) is 5. The first-order valence-electron chi connectivity index (χ1n) is 12.0. The molecule has 1 saturated carbocycles. The third-order valence-corrected chi connectivity index (χ3v) is 6.03. The first-order valence-corrected chi connectivity index (χ1v) is 12.0. The Balaban J connectivity index is 1.58. The van der Waals surface area contributed by atoms with E-state index in [1.54, 1.807) is 11.4 Å². The number of amides is 1. The maximum atomic E-state index is 12.5. The number of carbonyl (C=O) groups is 1. The summed E-state index contributed by atoms with van der Waals surface area (Å²) in [5.41, 5.74) is 4.72. The molecule has 1 atom stereocenters. The van der Waals surface area contributed by atoms with Gasteiger partial charge in [0.15, 0.2) is 5.65 Å². The number of carbonyl (C=O) groups excluding carboxylic acids is 1. The van der Waals surface area contributed by atoms with Gasteiger partial charge in [0.05, 0.1) is 0 Å². The lowest BCUT2D eigenvalue weighted by Gasteiger charge is -2.23. The molecule has 2 heterocycles. The zero-order valence-electron chi connectivity index (χ0n) is 20.1. The zero-order valence-corrected chi connectivity index (χ0v) is 20.1. The van der Waals surface area contributed by atoms with Crippen LogP contribution in [-0.2, 0) is 4.79 Å². The molecule has 4 rings (SSSR count). The smallest absolute Gasteiger partial charge is 0.245 e. The lowest BCUT2D eigenvalue weighted by Crippen LogP contribution is -2.30. The number of pyridine rings is 1. The van der Waals surface area contributed by atoms with Gasteiger partial charge in [0, 0.05) is 36.8 Å². The number of aliphatic hydroxyl groups is 1. The second kappa shape index (κ2) is 10.7. The highest BCUT2D eigenvalue weighted by Gasteiger charge is 2.30. The van der Waals surface area contributed by atoms with E-state index in [9.17, 15) is 9.90 Å². The molecule has 0 bridgehead atoms. The van der Waals surface area contributed by atoms with Gasteiger partial charge in [0.25, 0.3) is 0 Å². The summed E-state index contributed by atoms with van der Waals surface area (Å²) in [5.74, 6) is 0.718. The highest BCUT2D eigenvalue weighted by atomic mass is 16.3. The van der Waals surface area contributed by atoms with Crippen LogP contribution in [0.2, 0.25) is 0 Å². The van der Waals surface area contributed by atoms with Crippen LogP contribution in [-0.4, -0.2) is 38.4 Å². The van der Waals surface area contributed by atoms with Gasteiger partial charge >= 0.3 is 0 Å². The summed E-state index contributed by atoms with van der Waals surface area (Å²) in [4.78, 5) is 18.9. The van der Waals surface area contributed by atoms with E-state index in [0.717, 1.165) is 42.5 Å². The van der Waals surface area contributed by atoms with Crippen molar-refractivity contribution in [1.82, 2.24) is 14.6 Å². The Labute approximate surface area is 200 Å². The van der Waals surface area contributed by atoms with Crippen LogP contribution in [0, 0.1) is 5.92 Å². The molecule has 178 valence electrons. The number of aliphatic hydroxyl groups excluding tert-OH is 1. The molecule has 1 aliphatic carbocycles. The van der Waals surface area contributed by atoms with E-state index in [1.165, 1.54) is 5.57 Å². The normalized spacial score (nSPS) is 15.1. The van der Waals surface area contributed by atoms with E-state index in [2.05, 4.69) is 28.4 Å². The van der Waals surface area contributed by atoms with Gasteiger partial charge in [0.2, 0.25) is 11.9 Å². The molecule has 1 fully saturated rings. The predicted octanol–water partition coefficient (Wildman–Crippen LogP) is 5.19. The van der Waals surface area contributed by atoms with Gasteiger partial charge in [-0.25, -0.2) is 4.52 Å². The number of hydrogen-bond donors (Lipinski definition) is 2. The van der Waals surface area contributed by atoms with Crippen molar-refractivity contribution in [1.29, 1.82) is 0 Å². The second-order valence-electron chi connectivity index (χ2n) is 8.80. The van der Waals surface area contributed by atoms with Crippen molar-refractivity contribution in [2.75, 3.05) is 16.8 Å². The average molecular weight is 460 g/mol. The van der Waals surface area contributed by atoms with E-state index >= 15 is 0 Å². The van der Waals surface area contributed by atoms with Crippen LogP contribution in [0.5, 0.6) is 0 Å². The Morgan fingerprint density at radius 2 is 2.06 bits per heavy atom. The molecule has 1 aromatic carbocycles. The molecular weight excluding hydrogens is 426 g/mol.